The monoisotopic (exact) mass is 201 g/mol. The fourth-order valence-corrected chi connectivity index (χ4v) is 1.15. The molecule has 0 bridgehead atoms. The van der Waals surface area contributed by atoms with E-state index >= 15 is 0 Å². The highest BCUT2D eigenvalue weighted by atomic mass is 16.5. The summed E-state index contributed by atoms with van der Waals surface area (Å²) < 4.78 is 4.85. The van der Waals surface area contributed by atoms with E-state index in [-0.39, 0.29) is 11.8 Å². The minimum absolute atomic E-state index is 0.158. The number of anilines is 1. The Labute approximate surface area is 85.3 Å². The maximum atomic E-state index is 8.74. The highest BCUT2D eigenvalue weighted by molar-refractivity contribution is 5.78. The van der Waals surface area contributed by atoms with Crippen molar-refractivity contribution in [3.63, 3.8) is 0 Å². The minimum Gasteiger partial charge on any atom is -0.467 e. The number of nitriles is 1. The van der Waals surface area contributed by atoms with Crippen molar-refractivity contribution in [2.45, 2.75) is 0 Å². The van der Waals surface area contributed by atoms with Crippen molar-refractivity contribution in [1.29, 1.82) is 5.26 Å². The number of nitrogens with zero attached hydrogens (tertiary/aromatic N) is 4. The number of methoxy groups -OCH3 is 1. The highest BCUT2D eigenvalue weighted by Crippen LogP contribution is 2.16. The number of ether oxygens (including phenoxy) is 1. The Morgan fingerprint density at radius 3 is 2.93 bits per heavy atom. The number of pyridine rings is 1. The summed E-state index contributed by atoms with van der Waals surface area (Å²) in [6.45, 7) is 0. The second-order valence-corrected chi connectivity index (χ2v) is 2.80. The zero-order valence-corrected chi connectivity index (χ0v) is 7.93. The molecule has 2 heterocycles. The lowest BCUT2D eigenvalue weighted by molar-refractivity contribution is 0.381. The van der Waals surface area contributed by atoms with Gasteiger partial charge in [-0.2, -0.15) is 10.2 Å². The van der Waals surface area contributed by atoms with Gasteiger partial charge in [0.1, 0.15) is 11.9 Å². The summed E-state index contributed by atoms with van der Waals surface area (Å²) in [6.07, 6.45) is 1.54. The third-order valence-corrected chi connectivity index (χ3v) is 1.88. The molecular weight excluding hydrogens is 194 g/mol. The van der Waals surface area contributed by atoms with Gasteiger partial charge in [0.05, 0.1) is 12.7 Å². The van der Waals surface area contributed by atoms with Crippen LogP contribution in [0.1, 0.15) is 5.56 Å². The van der Waals surface area contributed by atoms with Gasteiger partial charge < -0.3 is 10.5 Å². The van der Waals surface area contributed by atoms with Crippen LogP contribution in [-0.2, 0) is 0 Å². The van der Waals surface area contributed by atoms with Crippen molar-refractivity contribution >= 4 is 16.9 Å². The van der Waals surface area contributed by atoms with Gasteiger partial charge in [-0.05, 0) is 6.07 Å². The molecule has 0 unspecified atom stereocenters. The van der Waals surface area contributed by atoms with Crippen LogP contribution in [0.4, 0.5) is 5.82 Å². The zero-order chi connectivity index (χ0) is 10.8. The molecule has 0 aromatic carbocycles. The van der Waals surface area contributed by atoms with Crippen LogP contribution in [0.3, 0.4) is 0 Å². The first-order valence-electron chi connectivity index (χ1n) is 4.12. The van der Waals surface area contributed by atoms with Crippen LogP contribution in [0.5, 0.6) is 6.01 Å². The first-order chi connectivity index (χ1) is 7.24. The van der Waals surface area contributed by atoms with Crippen molar-refractivity contribution in [1.82, 2.24) is 15.0 Å². The van der Waals surface area contributed by atoms with Crippen LogP contribution in [0.15, 0.2) is 12.3 Å². The quantitative estimate of drug-likeness (QED) is 0.720. The van der Waals surface area contributed by atoms with Crippen LogP contribution in [0.25, 0.3) is 11.0 Å². The molecule has 0 amide bonds. The average molecular weight is 201 g/mol. The van der Waals surface area contributed by atoms with Gasteiger partial charge in [-0.1, -0.05) is 0 Å². The smallest absolute Gasteiger partial charge is 0.318 e. The Balaban J connectivity index is 2.71. The summed E-state index contributed by atoms with van der Waals surface area (Å²) >= 11 is 0. The number of hydrogen-bond acceptors (Lipinski definition) is 6. The Kier molecular flexibility index (Phi) is 2.06. The first kappa shape index (κ1) is 9.15. The van der Waals surface area contributed by atoms with E-state index in [2.05, 4.69) is 15.0 Å². The van der Waals surface area contributed by atoms with E-state index in [9.17, 15) is 0 Å². The van der Waals surface area contributed by atoms with Crippen LogP contribution in [0, 0.1) is 11.3 Å². The summed E-state index contributed by atoms with van der Waals surface area (Å²) in [5, 5.41) is 9.40. The van der Waals surface area contributed by atoms with Gasteiger partial charge in [-0.25, -0.2) is 9.97 Å². The molecule has 2 aromatic heterocycles. The Morgan fingerprint density at radius 1 is 1.47 bits per heavy atom. The molecule has 0 saturated heterocycles. The second kappa shape index (κ2) is 3.38. The standard InChI is InChI=1S/C9H7N5O/c1-15-9-12-4-6-2-5(3-10)7(11)13-8(6)14-9/h2,4H,1H3,(H2,11,12,13,14). The van der Waals surface area contributed by atoms with E-state index < -0.39 is 0 Å². The van der Waals surface area contributed by atoms with Crippen molar-refractivity contribution in [2.75, 3.05) is 12.8 Å². The average Bonchev–Trinajstić information content (AvgIpc) is 2.27. The number of hydrogen-bond donors (Lipinski definition) is 1. The largest absolute Gasteiger partial charge is 0.467 e. The van der Waals surface area contributed by atoms with Gasteiger partial charge in [-0.15, -0.1) is 0 Å². The van der Waals surface area contributed by atoms with E-state index in [1.807, 2.05) is 6.07 Å². The molecule has 74 valence electrons. The fourth-order valence-electron chi connectivity index (χ4n) is 1.15. The molecule has 0 aliphatic carbocycles. The molecular formula is C9H7N5O. The highest BCUT2D eigenvalue weighted by Gasteiger charge is 2.06. The molecule has 2 aromatic rings. The SMILES string of the molecule is COc1ncc2cc(C#N)c(N)nc2n1. The van der Waals surface area contributed by atoms with Crippen molar-refractivity contribution < 1.29 is 4.74 Å². The van der Waals surface area contributed by atoms with Crippen molar-refractivity contribution in [2.24, 2.45) is 0 Å². The molecule has 0 aliphatic heterocycles. The van der Waals surface area contributed by atoms with Gasteiger partial charge >= 0.3 is 6.01 Å². The molecule has 2 rings (SSSR count). The fraction of sp³-hybridized carbons (Fsp3) is 0.111. The number of rotatable bonds is 1. The lowest BCUT2D eigenvalue weighted by atomic mass is 10.2. The summed E-state index contributed by atoms with van der Waals surface area (Å²) in [5.74, 6) is 0.158. The molecule has 0 saturated carbocycles. The summed E-state index contributed by atoms with van der Waals surface area (Å²) in [7, 11) is 1.47. The number of fused-ring (bicyclic) bond motifs is 1. The normalized spacial score (nSPS) is 9.87. The van der Waals surface area contributed by atoms with E-state index in [4.69, 9.17) is 15.7 Å². The third-order valence-electron chi connectivity index (χ3n) is 1.88. The van der Waals surface area contributed by atoms with E-state index in [0.29, 0.717) is 16.6 Å². The van der Waals surface area contributed by atoms with Gasteiger partial charge in [0, 0.05) is 11.6 Å². The van der Waals surface area contributed by atoms with Gasteiger partial charge in [0.15, 0.2) is 5.65 Å². The van der Waals surface area contributed by atoms with Crippen LogP contribution >= 0.6 is 0 Å². The van der Waals surface area contributed by atoms with Gasteiger partial charge in [0.2, 0.25) is 0 Å². The molecule has 0 radical (unpaired) electrons. The van der Waals surface area contributed by atoms with Crippen LogP contribution in [0.2, 0.25) is 0 Å². The van der Waals surface area contributed by atoms with Crippen LogP contribution in [-0.4, -0.2) is 22.1 Å². The maximum Gasteiger partial charge on any atom is 0.318 e. The van der Waals surface area contributed by atoms with Crippen LogP contribution < -0.4 is 10.5 Å². The maximum absolute atomic E-state index is 8.74. The van der Waals surface area contributed by atoms with Crippen molar-refractivity contribution in [3.05, 3.63) is 17.8 Å². The molecule has 0 spiro atoms. The van der Waals surface area contributed by atoms with E-state index in [0.717, 1.165) is 0 Å². The predicted octanol–water partition coefficient (Wildman–Crippen LogP) is 0.487. The van der Waals surface area contributed by atoms with Gasteiger partial charge in [-0.3, -0.25) is 0 Å². The predicted molar refractivity (Wildman–Crippen MR) is 53.0 cm³/mol. The Bertz CT molecular complexity index is 560. The molecule has 0 atom stereocenters. The molecule has 6 nitrogen and oxygen atoms in total. The Hall–Kier alpha value is -2.42. The lowest BCUT2D eigenvalue weighted by Gasteiger charge is -2.01. The van der Waals surface area contributed by atoms with Gasteiger partial charge in [0.25, 0.3) is 0 Å². The van der Waals surface area contributed by atoms with E-state index in [1.165, 1.54) is 13.3 Å². The molecule has 2 N–H and O–H groups in total. The number of aromatic nitrogens is 3. The molecule has 6 heteroatoms. The zero-order valence-electron chi connectivity index (χ0n) is 7.93. The summed E-state index contributed by atoms with van der Waals surface area (Å²) in [5.41, 5.74) is 6.28. The molecule has 15 heavy (non-hydrogen) atoms. The number of nitrogens with two attached hydrogens (primary N) is 1. The molecule has 0 fully saturated rings. The second-order valence-electron chi connectivity index (χ2n) is 2.80. The topological polar surface area (TPSA) is 97.7 Å². The van der Waals surface area contributed by atoms with E-state index in [1.54, 1.807) is 6.07 Å². The lowest BCUT2D eigenvalue weighted by Crippen LogP contribution is -1.98. The third kappa shape index (κ3) is 1.50. The first-order valence-corrected chi connectivity index (χ1v) is 4.12. The summed E-state index contributed by atoms with van der Waals surface area (Å²) in [6, 6.07) is 3.76. The molecule has 0 aliphatic rings. The number of nitrogen functional groups attached to an aromatic ring is 1. The Morgan fingerprint density at radius 2 is 2.27 bits per heavy atom. The van der Waals surface area contributed by atoms with Crippen molar-refractivity contribution in [3.8, 4) is 12.1 Å². The minimum atomic E-state index is 0.158. The summed E-state index contributed by atoms with van der Waals surface area (Å²) in [4.78, 5) is 11.9.